The van der Waals surface area contributed by atoms with Crippen molar-refractivity contribution in [2.45, 2.75) is 30.8 Å². The molecule has 7 nitrogen and oxygen atoms in total. The molecule has 1 aliphatic carbocycles. The summed E-state index contributed by atoms with van der Waals surface area (Å²) in [7, 11) is 2.60. The number of carbonyl (C=O) groups excluding carboxylic acids is 2. The van der Waals surface area contributed by atoms with E-state index in [-0.39, 0.29) is 11.1 Å². The standard InChI is InChI=1S/C21H21N3O4S2/c1-27-19(25)11-8-12(20(26)28-2)10-13(9-11)22-17-16-14-6-4-5-7-15(14)30-18(16)24-21(23-17)29-3/h8-10H,4-7H2,1-3H3,(H,22,23,24). The maximum atomic E-state index is 12.1. The summed E-state index contributed by atoms with van der Waals surface area (Å²) in [5, 5.41) is 5.01. The van der Waals surface area contributed by atoms with Crippen LogP contribution in [-0.2, 0) is 22.3 Å². The largest absolute Gasteiger partial charge is 0.465 e. The van der Waals surface area contributed by atoms with E-state index in [0.29, 0.717) is 16.7 Å². The number of nitrogens with one attached hydrogen (secondary N) is 1. The lowest BCUT2D eigenvalue weighted by Crippen LogP contribution is -2.08. The molecule has 1 N–H and O–H groups in total. The molecule has 0 atom stereocenters. The molecule has 9 heteroatoms. The highest BCUT2D eigenvalue weighted by Gasteiger charge is 2.22. The summed E-state index contributed by atoms with van der Waals surface area (Å²) in [5.74, 6) is -0.384. The Morgan fingerprint density at radius 2 is 1.70 bits per heavy atom. The fraction of sp³-hybridized carbons (Fsp3) is 0.333. The number of fused-ring (bicyclic) bond motifs is 3. The normalized spacial score (nSPS) is 13.0. The van der Waals surface area contributed by atoms with Gasteiger partial charge in [0.2, 0.25) is 0 Å². The minimum absolute atomic E-state index is 0.255. The molecule has 0 aliphatic heterocycles. The lowest BCUT2D eigenvalue weighted by atomic mass is 9.97. The van der Waals surface area contributed by atoms with E-state index in [0.717, 1.165) is 29.5 Å². The number of benzene rings is 1. The number of hydrogen-bond donors (Lipinski definition) is 1. The fourth-order valence-corrected chi connectivity index (χ4v) is 5.31. The average Bonchev–Trinajstić information content (AvgIpc) is 3.16. The van der Waals surface area contributed by atoms with Gasteiger partial charge in [0.25, 0.3) is 0 Å². The van der Waals surface area contributed by atoms with Crippen molar-refractivity contribution in [1.29, 1.82) is 0 Å². The van der Waals surface area contributed by atoms with Crippen LogP contribution in [0.2, 0.25) is 0 Å². The lowest BCUT2D eigenvalue weighted by Gasteiger charge is -2.14. The van der Waals surface area contributed by atoms with Gasteiger partial charge >= 0.3 is 11.9 Å². The number of aryl methyl sites for hydroxylation is 2. The van der Waals surface area contributed by atoms with Crippen LogP contribution in [0.4, 0.5) is 11.5 Å². The molecule has 2 aromatic heterocycles. The van der Waals surface area contributed by atoms with E-state index in [1.807, 2.05) is 6.26 Å². The van der Waals surface area contributed by atoms with Crippen LogP contribution >= 0.6 is 23.1 Å². The van der Waals surface area contributed by atoms with E-state index in [2.05, 4.69) is 5.32 Å². The predicted octanol–water partition coefficient (Wildman–Crippen LogP) is 4.61. The number of thioether (sulfide) groups is 1. The second-order valence-electron chi connectivity index (χ2n) is 6.86. The van der Waals surface area contributed by atoms with Crippen LogP contribution in [0.5, 0.6) is 0 Å². The molecular formula is C21H21N3O4S2. The number of hydrogen-bond acceptors (Lipinski definition) is 9. The minimum Gasteiger partial charge on any atom is -0.465 e. The minimum atomic E-state index is -0.533. The molecule has 0 bridgehead atoms. The second kappa shape index (κ2) is 8.61. The topological polar surface area (TPSA) is 90.4 Å². The van der Waals surface area contributed by atoms with Crippen molar-refractivity contribution in [3.05, 3.63) is 39.8 Å². The molecule has 0 saturated heterocycles. The molecular weight excluding hydrogens is 422 g/mol. The van der Waals surface area contributed by atoms with Gasteiger partial charge in [-0.25, -0.2) is 19.6 Å². The number of thiophene rings is 1. The zero-order valence-electron chi connectivity index (χ0n) is 16.9. The van der Waals surface area contributed by atoms with Crippen molar-refractivity contribution in [3.63, 3.8) is 0 Å². The zero-order chi connectivity index (χ0) is 21.3. The Bertz CT molecular complexity index is 1110. The van der Waals surface area contributed by atoms with Gasteiger partial charge in [-0.1, -0.05) is 11.8 Å². The van der Waals surface area contributed by atoms with Crippen molar-refractivity contribution < 1.29 is 19.1 Å². The molecule has 0 amide bonds. The van der Waals surface area contributed by atoms with Gasteiger partial charge in [-0.05, 0) is 55.7 Å². The SMILES string of the molecule is COC(=O)c1cc(Nc2nc(SC)nc3sc4c(c23)CCCC4)cc(C(=O)OC)c1. The summed E-state index contributed by atoms with van der Waals surface area (Å²) >= 11 is 3.20. The number of methoxy groups -OCH3 is 2. The summed E-state index contributed by atoms with van der Waals surface area (Å²) in [6, 6.07) is 4.74. The third kappa shape index (κ3) is 3.87. The molecule has 0 fully saturated rings. The molecule has 4 rings (SSSR count). The highest BCUT2D eigenvalue weighted by atomic mass is 32.2. The Labute approximate surface area is 182 Å². The number of anilines is 2. The summed E-state index contributed by atoms with van der Waals surface area (Å²) in [5.41, 5.74) is 2.37. The molecule has 3 aromatic rings. The van der Waals surface area contributed by atoms with Gasteiger partial charge in [0.05, 0.1) is 30.7 Å². The Hall–Kier alpha value is -2.65. The molecule has 0 spiro atoms. The highest BCUT2D eigenvalue weighted by molar-refractivity contribution is 7.98. The van der Waals surface area contributed by atoms with Gasteiger partial charge in [-0.15, -0.1) is 11.3 Å². The van der Waals surface area contributed by atoms with Gasteiger partial charge in [0, 0.05) is 10.6 Å². The van der Waals surface area contributed by atoms with Gasteiger partial charge in [-0.2, -0.15) is 0 Å². The highest BCUT2D eigenvalue weighted by Crippen LogP contribution is 2.40. The van der Waals surface area contributed by atoms with Crippen LogP contribution in [0, 0.1) is 0 Å². The zero-order valence-corrected chi connectivity index (χ0v) is 18.5. The molecule has 0 saturated carbocycles. The number of esters is 2. The van der Waals surface area contributed by atoms with Gasteiger partial charge in [-0.3, -0.25) is 0 Å². The molecule has 30 heavy (non-hydrogen) atoms. The Morgan fingerprint density at radius 1 is 1.03 bits per heavy atom. The van der Waals surface area contributed by atoms with Crippen molar-refractivity contribution in [2.24, 2.45) is 0 Å². The quantitative estimate of drug-likeness (QED) is 0.347. The summed E-state index contributed by atoms with van der Waals surface area (Å²) in [4.78, 5) is 36.0. The monoisotopic (exact) mass is 443 g/mol. The summed E-state index contributed by atoms with van der Waals surface area (Å²) in [6.45, 7) is 0. The summed E-state index contributed by atoms with van der Waals surface area (Å²) in [6.07, 6.45) is 6.34. The van der Waals surface area contributed by atoms with Crippen molar-refractivity contribution in [1.82, 2.24) is 9.97 Å². The Balaban J connectivity index is 1.84. The van der Waals surface area contributed by atoms with E-state index >= 15 is 0 Å². The van der Waals surface area contributed by atoms with Crippen LogP contribution in [0.15, 0.2) is 23.4 Å². The van der Waals surface area contributed by atoms with Crippen LogP contribution in [0.1, 0.15) is 44.0 Å². The number of nitrogens with zero attached hydrogens (tertiary/aromatic N) is 2. The molecule has 1 aromatic carbocycles. The first kappa shape index (κ1) is 20.6. The average molecular weight is 444 g/mol. The maximum Gasteiger partial charge on any atom is 0.337 e. The number of ether oxygens (including phenoxy) is 2. The molecule has 2 heterocycles. The number of rotatable bonds is 5. The first-order chi connectivity index (χ1) is 14.5. The third-order valence-electron chi connectivity index (χ3n) is 5.01. The van der Waals surface area contributed by atoms with Crippen LogP contribution in [0.25, 0.3) is 10.2 Å². The van der Waals surface area contributed by atoms with E-state index in [1.165, 1.54) is 48.9 Å². The van der Waals surface area contributed by atoms with Crippen molar-refractivity contribution in [3.8, 4) is 0 Å². The number of carbonyl (C=O) groups is 2. The molecule has 0 unspecified atom stereocenters. The molecule has 156 valence electrons. The summed E-state index contributed by atoms with van der Waals surface area (Å²) < 4.78 is 9.66. The van der Waals surface area contributed by atoms with Crippen LogP contribution in [0.3, 0.4) is 0 Å². The maximum absolute atomic E-state index is 12.1. The Morgan fingerprint density at radius 3 is 2.33 bits per heavy atom. The van der Waals surface area contributed by atoms with Gasteiger partial charge in [0.15, 0.2) is 5.16 Å². The third-order valence-corrected chi connectivity index (χ3v) is 6.75. The lowest BCUT2D eigenvalue weighted by molar-refractivity contribution is 0.0599. The van der Waals surface area contributed by atoms with Crippen LogP contribution in [-0.4, -0.2) is 42.4 Å². The van der Waals surface area contributed by atoms with E-state index in [9.17, 15) is 9.59 Å². The molecule has 1 aliphatic rings. The van der Waals surface area contributed by atoms with Crippen molar-refractivity contribution in [2.75, 3.05) is 25.8 Å². The first-order valence-corrected chi connectivity index (χ1v) is 11.5. The van der Waals surface area contributed by atoms with E-state index in [1.54, 1.807) is 23.5 Å². The number of aromatic nitrogens is 2. The van der Waals surface area contributed by atoms with Crippen molar-refractivity contribution >= 4 is 56.8 Å². The van der Waals surface area contributed by atoms with E-state index in [4.69, 9.17) is 19.4 Å². The second-order valence-corrected chi connectivity index (χ2v) is 8.71. The first-order valence-electron chi connectivity index (χ1n) is 9.49. The van der Waals surface area contributed by atoms with Crippen LogP contribution < -0.4 is 5.32 Å². The fourth-order valence-electron chi connectivity index (χ4n) is 3.63. The van der Waals surface area contributed by atoms with Gasteiger partial charge < -0.3 is 14.8 Å². The molecule has 0 radical (unpaired) electrons. The van der Waals surface area contributed by atoms with Gasteiger partial charge in [0.1, 0.15) is 10.6 Å². The smallest absolute Gasteiger partial charge is 0.337 e. The Kier molecular flexibility index (Phi) is 5.92. The van der Waals surface area contributed by atoms with E-state index < -0.39 is 11.9 Å². The predicted molar refractivity (Wildman–Crippen MR) is 118 cm³/mol.